The zero-order valence-electron chi connectivity index (χ0n) is 10.8. The van der Waals surface area contributed by atoms with Gasteiger partial charge in [0.1, 0.15) is 0 Å². The van der Waals surface area contributed by atoms with Gasteiger partial charge in [0.05, 0.1) is 5.60 Å². The van der Waals surface area contributed by atoms with Crippen molar-refractivity contribution in [1.29, 1.82) is 0 Å². The first-order valence-electron chi connectivity index (χ1n) is 5.55. The molecule has 0 aliphatic heterocycles. The molecule has 0 heterocycles. The van der Waals surface area contributed by atoms with E-state index in [0.29, 0.717) is 17.8 Å². The lowest BCUT2D eigenvalue weighted by Crippen LogP contribution is -2.32. The number of hydrogen-bond donors (Lipinski definition) is 2. The maximum Gasteiger partial charge on any atom is 0.161 e. The second-order valence-electron chi connectivity index (χ2n) is 4.68. The molecule has 0 saturated carbocycles. The van der Waals surface area contributed by atoms with E-state index in [-0.39, 0.29) is 11.4 Å². The number of anilines is 2. The molecule has 0 aliphatic rings. The summed E-state index contributed by atoms with van der Waals surface area (Å²) in [5.41, 5.74) is 7.40. The van der Waals surface area contributed by atoms with E-state index in [1.807, 2.05) is 19.9 Å². The molecule has 0 saturated heterocycles. The largest absolute Gasteiger partial charge is 0.398 e. The van der Waals surface area contributed by atoms with Gasteiger partial charge < -0.3 is 15.8 Å². The van der Waals surface area contributed by atoms with Crippen LogP contribution in [-0.2, 0) is 4.74 Å². The fourth-order valence-corrected chi connectivity index (χ4v) is 1.36. The Labute approximate surface area is 102 Å². The Morgan fingerprint density at radius 2 is 2.12 bits per heavy atom. The van der Waals surface area contributed by atoms with Crippen molar-refractivity contribution in [2.75, 3.05) is 24.7 Å². The molecule has 0 spiro atoms. The third-order valence-electron chi connectivity index (χ3n) is 2.70. The number of nitrogen functional groups attached to an aromatic ring is 1. The molecular weight excluding hydrogens is 216 g/mol. The Balaban J connectivity index is 2.80. The average molecular weight is 236 g/mol. The minimum absolute atomic E-state index is 0.0304. The van der Waals surface area contributed by atoms with Gasteiger partial charge in [0.2, 0.25) is 0 Å². The molecule has 1 aromatic rings. The predicted molar refractivity (Wildman–Crippen MR) is 70.4 cm³/mol. The summed E-state index contributed by atoms with van der Waals surface area (Å²) < 4.78 is 5.31. The number of hydrogen-bond acceptors (Lipinski definition) is 4. The van der Waals surface area contributed by atoms with Crippen LogP contribution in [0.25, 0.3) is 0 Å². The van der Waals surface area contributed by atoms with E-state index in [2.05, 4.69) is 5.32 Å². The molecule has 1 rings (SSSR count). The number of Topliss-reactive ketones (excluding diaryl/α,β-unsaturated/α-hetero) is 1. The van der Waals surface area contributed by atoms with E-state index in [1.165, 1.54) is 6.92 Å². The lowest BCUT2D eigenvalue weighted by molar-refractivity contribution is 0.0344. The van der Waals surface area contributed by atoms with Gasteiger partial charge in [0.15, 0.2) is 5.78 Å². The third-order valence-corrected chi connectivity index (χ3v) is 2.70. The standard InChI is InChI=1S/C13H20N2O2/c1-9(16)11-7-10(5-6-12(11)14)15-8-13(2,3)17-4/h5-7,15H,8,14H2,1-4H3. The molecule has 4 nitrogen and oxygen atoms in total. The molecule has 17 heavy (non-hydrogen) atoms. The van der Waals surface area contributed by atoms with Gasteiger partial charge in [-0.05, 0) is 39.0 Å². The Kier molecular flexibility index (Phi) is 4.12. The summed E-state index contributed by atoms with van der Waals surface area (Å²) in [6, 6.07) is 5.36. The van der Waals surface area contributed by atoms with E-state index in [4.69, 9.17) is 10.5 Å². The number of nitrogens with two attached hydrogens (primary N) is 1. The van der Waals surface area contributed by atoms with Gasteiger partial charge in [0.25, 0.3) is 0 Å². The summed E-state index contributed by atoms with van der Waals surface area (Å²) in [5.74, 6) is -0.0304. The first-order chi connectivity index (χ1) is 7.85. The van der Waals surface area contributed by atoms with Crippen molar-refractivity contribution >= 4 is 17.2 Å². The van der Waals surface area contributed by atoms with Crippen LogP contribution < -0.4 is 11.1 Å². The smallest absolute Gasteiger partial charge is 0.161 e. The second kappa shape index (κ2) is 5.19. The normalized spacial score (nSPS) is 11.3. The zero-order valence-corrected chi connectivity index (χ0v) is 10.8. The number of carbonyl (C=O) groups excluding carboxylic acids is 1. The molecule has 3 N–H and O–H groups in total. The van der Waals surface area contributed by atoms with E-state index >= 15 is 0 Å². The van der Waals surface area contributed by atoms with Gasteiger partial charge in [-0.2, -0.15) is 0 Å². The lowest BCUT2D eigenvalue weighted by Gasteiger charge is -2.24. The summed E-state index contributed by atoms with van der Waals surface area (Å²) in [7, 11) is 1.67. The van der Waals surface area contributed by atoms with Crippen LogP contribution in [0, 0.1) is 0 Å². The maximum absolute atomic E-state index is 11.3. The third kappa shape index (κ3) is 3.75. The average Bonchev–Trinajstić information content (AvgIpc) is 2.27. The van der Waals surface area contributed by atoms with Crippen LogP contribution in [0.5, 0.6) is 0 Å². The molecular formula is C13H20N2O2. The highest BCUT2D eigenvalue weighted by molar-refractivity contribution is 5.99. The molecule has 0 unspecified atom stereocenters. The maximum atomic E-state index is 11.3. The topological polar surface area (TPSA) is 64.3 Å². The van der Waals surface area contributed by atoms with Gasteiger partial charge in [-0.15, -0.1) is 0 Å². The zero-order chi connectivity index (χ0) is 13.1. The van der Waals surface area contributed by atoms with Crippen molar-refractivity contribution in [1.82, 2.24) is 0 Å². The Bertz CT molecular complexity index is 414. The van der Waals surface area contributed by atoms with Crippen LogP contribution >= 0.6 is 0 Å². The van der Waals surface area contributed by atoms with Crippen LogP contribution in [0.4, 0.5) is 11.4 Å². The number of rotatable bonds is 5. The monoisotopic (exact) mass is 236 g/mol. The van der Waals surface area contributed by atoms with Crippen molar-refractivity contribution in [2.24, 2.45) is 0 Å². The van der Waals surface area contributed by atoms with Crippen molar-refractivity contribution in [3.63, 3.8) is 0 Å². The van der Waals surface area contributed by atoms with Gasteiger partial charge >= 0.3 is 0 Å². The highest BCUT2D eigenvalue weighted by Gasteiger charge is 2.16. The second-order valence-corrected chi connectivity index (χ2v) is 4.68. The summed E-state index contributed by atoms with van der Waals surface area (Å²) in [4.78, 5) is 11.3. The molecule has 4 heteroatoms. The van der Waals surface area contributed by atoms with E-state index in [1.54, 1.807) is 19.2 Å². The van der Waals surface area contributed by atoms with E-state index in [9.17, 15) is 4.79 Å². The Morgan fingerprint density at radius 3 is 2.65 bits per heavy atom. The molecule has 0 radical (unpaired) electrons. The van der Waals surface area contributed by atoms with Crippen LogP contribution in [-0.4, -0.2) is 25.0 Å². The first-order valence-corrected chi connectivity index (χ1v) is 5.55. The number of benzene rings is 1. The Hall–Kier alpha value is -1.55. The molecule has 0 bridgehead atoms. The highest BCUT2D eigenvalue weighted by Crippen LogP contribution is 2.19. The predicted octanol–water partition coefficient (Wildman–Crippen LogP) is 2.31. The SMILES string of the molecule is COC(C)(C)CNc1ccc(N)c(C(C)=O)c1. The fourth-order valence-electron chi connectivity index (χ4n) is 1.36. The summed E-state index contributed by atoms with van der Waals surface area (Å²) in [5, 5.41) is 3.23. The molecule has 0 aliphatic carbocycles. The van der Waals surface area contributed by atoms with Crippen molar-refractivity contribution in [3.8, 4) is 0 Å². The lowest BCUT2D eigenvalue weighted by atomic mass is 10.1. The molecule has 0 amide bonds. The summed E-state index contributed by atoms with van der Waals surface area (Å²) >= 11 is 0. The summed E-state index contributed by atoms with van der Waals surface area (Å²) in [6.07, 6.45) is 0. The Morgan fingerprint density at radius 1 is 1.47 bits per heavy atom. The van der Waals surface area contributed by atoms with Gasteiger partial charge in [-0.3, -0.25) is 4.79 Å². The number of carbonyl (C=O) groups is 1. The highest BCUT2D eigenvalue weighted by atomic mass is 16.5. The molecule has 0 aromatic heterocycles. The molecule has 0 atom stereocenters. The van der Waals surface area contributed by atoms with Crippen LogP contribution in [0.3, 0.4) is 0 Å². The van der Waals surface area contributed by atoms with Crippen molar-refractivity contribution in [3.05, 3.63) is 23.8 Å². The molecule has 94 valence electrons. The molecule has 0 fully saturated rings. The van der Waals surface area contributed by atoms with Crippen LogP contribution in [0.2, 0.25) is 0 Å². The van der Waals surface area contributed by atoms with Crippen LogP contribution in [0.15, 0.2) is 18.2 Å². The van der Waals surface area contributed by atoms with E-state index in [0.717, 1.165) is 5.69 Å². The number of nitrogens with one attached hydrogen (secondary N) is 1. The van der Waals surface area contributed by atoms with E-state index < -0.39 is 0 Å². The van der Waals surface area contributed by atoms with Crippen molar-refractivity contribution in [2.45, 2.75) is 26.4 Å². The first kappa shape index (κ1) is 13.5. The van der Waals surface area contributed by atoms with Crippen molar-refractivity contribution < 1.29 is 9.53 Å². The van der Waals surface area contributed by atoms with Gasteiger partial charge in [-0.25, -0.2) is 0 Å². The minimum atomic E-state index is -0.252. The number of ether oxygens (including phenoxy) is 1. The quantitative estimate of drug-likeness (QED) is 0.608. The number of methoxy groups -OCH3 is 1. The number of ketones is 1. The fraction of sp³-hybridized carbons (Fsp3) is 0.462. The minimum Gasteiger partial charge on any atom is -0.398 e. The van der Waals surface area contributed by atoms with Gasteiger partial charge in [-0.1, -0.05) is 0 Å². The molecule has 1 aromatic carbocycles. The van der Waals surface area contributed by atoms with Crippen LogP contribution in [0.1, 0.15) is 31.1 Å². The summed E-state index contributed by atoms with van der Waals surface area (Å²) in [6.45, 7) is 6.14. The van der Waals surface area contributed by atoms with Gasteiger partial charge in [0, 0.05) is 30.6 Å².